The maximum absolute atomic E-state index is 13.8. The highest BCUT2D eigenvalue weighted by molar-refractivity contribution is 6.08. The van der Waals surface area contributed by atoms with Crippen molar-refractivity contribution in [2.75, 3.05) is 11.9 Å². The van der Waals surface area contributed by atoms with E-state index in [0.717, 1.165) is 18.2 Å². The number of nitrogens with one attached hydrogen (secondary N) is 2. The number of hydrogen-bond donors (Lipinski definition) is 2. The molecule has 0 bridgehead atoms. The molecule has 0 aliphatic carbocycles. The van der Waals surface area contributed by atoms with Gasteiger partial charge in [-0.2, -0.15) is 17.6 Å². The highest BCUT2D eigenvalue weighted by Gasteiger charge is 2.45. The zero-order chi connectivity index (χ0) is 22.1. The van der Waals surface area contributed by atoms with Crippen molar-refractivity contribution in [1.29, 1.82) is 0 Å². The quantitative estimate of drug-likeness (QED) is 0.541. The van der Waals surface area contributed by atoms with E-state index in [0.29, 0.717) is 6.07 Å². The molecular formula is C19H14F6N2O3. The van der Waals surface area contributed by atoms with Crippen LogP contribution in [0.1, 0.15) is 11.5 Å². The number of benzene rings is 2. The van der Waals surface area contributed by atoms with Gasteiger partial charge in [0.25, 0.3) is 0 Å². The third-order valence-corrected chi connectivity index (χ3v) is 4.48. The number of rotatable bonds is 6. The summed E-state index contributed by atoms with van der Waals surface area (Å²) in [5.41, 5.74) is -0.163. The normalized spacial score (nSPS) is 19.0. The summed E-state index contributed by atoms with van der Waals surface area (Å²) in [6.07, 6.45) is -9.14. The average molecular weight is 432 g/mol. The summed E-state index contributed by atoms with van der Waals surface area (Å²) in [4.78, 5) is 24.7. The van der Waals surface area contributed by atoms with E-state index < -0.39 is 53.6 Å². The SMILES string of the molecule is O=C1NC[C@H](c2ccc(F)c(OC(F)(F)C(F)F)c2)[C@H]1C(=O)Nc1ccccc1F. The van der Waals surface area contributed by atoms with Crippen molar-refractivity contribution in [1.82, 2.24) is 5.32 Å². The summed E-state index contributed by atoms with van der Waals surface area (Å²) in [5.74, 6) is -7.21. The van der Waals surface area contributed by atoms with Gasteiger partial charge in [0.15, 0.2) is 11.6 Å². The van der Waals surface area contributed by atoms with Gasteiger partial charge in [0.1, 0.15) is 11.7 Å². The van der Waals surface area contributed by atoms with Crippen molar-refractivity contribution in [3.8, 4) is 5.75 Å². The van der Waals surface area contributed by atoms with E-state index in [1.807, 2.05) is 0 Å². The van der Waals surface area contributed by atoms with Crippen molar-refractivity contribution in [3.05, 3.63) is 59.7 Å². The van der Waals surface area contributed by atoms with Gasteiger partial charge in [-0.3, -0.25) is 9.59 Å². The van der Waals surface area contributed by atoms with Crippen LogP contribution in [0.2, 0.25) is 0 Å². The molecule has 0 saturated carbocycles. The van der Waals surface area contributed by atoms with Crippen LogP contribution in [0.25, 0.3) is 0 Å². The standard InChI is InChI=1S/C19H14F6N2O3/c20-11-3-1-2-4-13(11)27-17(29)15-10(8-26-16(15)28)9-5-6-12(21)14(7-9)30-19(24,25)18(22)23/h1-7,10,15,18H,8H2,(H,26,28)(H,27,29)/t10-,15-/m1/s1. The van der Waals surface area contributed by atoms with Gasteiger partial charge >= 0.3 is 12.5 Å². The van der Waals surface area contributed by atoms with E-state index in [1.54, 1.807) is 0 Å². The van der Waals surface area contributed by atoms with Crippen LogP contribution in [0.15, 0.2) is 42.5 Å². The van der Waals surface area contributed by atoms with Crippen LogP contribution in [-0.2, 0) is 9.59 Å². The molecular weight excluding hydrogens is 418 g/mol. The number of carbonyl (C=O) groups is 2. The van der Waals surface area contributed by atoms with Crippen LogP contribution >= 0.6 is 0 Å². The summed E-state index contributed by atoms with van der Waals surface area (Å²) < 4.78 is 82.4. The van der Waals surface area contributed by atoms with E-state index >= 15 is 0 Å². The van der Waals surface area contributed by atoms with Crippen LogP contribution in [0, 0.1) is 17.6 Å². The Morgan fingerprint density at radius 3 is 2.50 bits per heavy atom. The van der Waals surface area contributed by atoms with E-state index in [1.165, 1.54) is 18.2 Å². The maximum atomic E-state index is 13.8. The molecule has 2 amide bonds. The summed E-state index contributed by atoms with van der Waals surface area (Å²) >= 11 is 0. The van der Waals surface area contributed by atoms with Crippen molar-refractivity contribution >= 4 is 17.5 Å². The van der Waals surface area contributed by atoms with Crippen molar-refractivity contribution < 1.29 is 40.7 Å². The number of hydrogen-bond acceptors (Lipinski definition) is 3. The Kier molecular flexibility index (Phi) is 5.90. The molecule has 0 radical (unpaired) electrons. The lowest BCUT2D eigenvalue weighted by Crippen LogP contribution is -2.34. The van der Waals surface area contributed by atoms with E-state index in [4.69, 9.17) is 0 Å². The van der Waals surface area contributed by atoms with Gasteiger partial charge < -0.3 is 15.4 Å². The van der Waals surface area contributed by atoms with Gasteiger partial charge in [0, 0.05) is 12.5 Å². The molecule has 1 heterocycles. The molecule has 2 aromatic rings. The van der Waals surface area contributed by atoms with Crippen LogP contribution in [0.4, 0.5) is 32.0 Å². The van der Waals surface area contributed by atoms with Gasteiger partial charge in [-0.05, 0) is 29.8 Å². The van der Waals surface area contributed by atoms with Gasteiger partial charge in [0.2, 0.25) is 11.8 Å². The Labute approximate surface area is 166 Å². The van der Waals surface area contributed by atoms with Gasteiger partial charge in [0.05, 0.1) is 5.69 Å². The monoisotopic (exact) mass is 432 g/mol. The molecule has 0 unspecified atom stereocenters. The third-order valence-electron chi connectivity index (χ3n) is 4.48. The summed E-state index contributed by atoms with van der Waals surface area (Å²) in [6, 6.07) is 7.74. The van der Waals surface area contributed by atoms with Crippen LogP contribution in [0.3, 0.4) is 0 Å². The molecule has 160 valence electrons. The second-order valence-corrected chi connectivity index (χ2v) is 6.45. The highest BCUT2D eigenvalue weighted by Crippen LogP contribution is 2.35. The molecule has 0 spiro atoms. The number of para-hydroxylation sites is 1. The van der Waals surface area contributed by atoms with Crippen LogP contribution < -0.4 is 15.4 Å². The van der Waals surface area contributed by atoms with E-state index in [9.17, 15) is 35.9 Å². The molecule has 0 aromatic heterocycles. The first-order valence-electron chi connectivity index (χ1n) is 8.57. The maximum Gasteiger partial charge on any atom is 0.461 e. The second-order valence-electron chi connectivity index (χ2n) is 6.45. The van der Waals surface area contributed by atoms with Gasteiger partial charge in [-0.25, -0.2) is 8.78 Å². The molecule has 5 nitrogen and oxygen atoms in total. The summed E-state index contributed by atoms with van der Waals surface area (Å²) in [6.45, 7) is -0.121. The van der Waals surface area contributed by atoms with Crippen molar-refractivity contribution in [2.45, 2.75) is 18.5 Å². The number of carbonyl (C=O) groups excluding carboxylic acids is 2. The predicted octanol–water partition coefficient (Wildman–Crippen LogP) is 3.67. The molecule has 2 atom stereocenters. The number of alkyl halides is 4. The first-order chi connectivity index (χ1) is 14.1. The molecule has 1 fully saturated rings. The fraction of sp³-hybridized carbons (Fsp3) is 0.263. The minimum atomic E-state index is -4.94. The molecule has 30 heavy (non-hydrogen) atoms. The Bertz CT molecular complexity index is 969. The highest BCUT2D eigenvalue weighted by atomic mass is 19.3. The fourth-order valence-electron chi connectivity index (χ4n) is 3.03. The topological polar surface area (TPSA) is 67.4 Å². The zero-order valence-electron chi connectivity index (χ0n) is 15.0. The first kappa shape index (κ1) is 21.5. The second kappa shape index (κ2) is 8.25. The Morgan fingerprint density at radius 1 is 1.13 bits per heavy atom. The lowest BCUT2D eigenvalue weighted by molar-refractivity contribution is -0.254. The van der Waals surface area contributed by atoms with Gasteiger partial charge in [-0.15, -0.1) is 0 Å². The Morgan fingerprint density at radius 2 is 1.83 bits per heavy atom. The predicted molar refractivity (Wildman–Crippen MR) is 92.2 cm³/mol. The summed E-state index contributed by atoms with van der Waals surface area (Å²) in [7, 11) is 0. The molecule has 2 aromatic carbocycles. The number of halogens is 6. The summed E-state index contributed by atoms with van der Waals surface area (Å²) in [5, 5.41) is 4.67. The lowest BCUT2D eigenvalue weighted by atomic mass is 9.87. The third kappa shape index (κ3) is 4.34. The van der Waals surface area contributed by atoms with Crippen molar-refractivity contribution in [2.24, 2.45) is 5.92 Å². The molecule has 11 heteroatoms. The molecule has 1 aliphatic rings. The molecule has 1 saturated heterocycles. The Balaban J connectivity index is 1.87. The number of amides is 2. The minimum Gasteiger partial charge on any atom is -0.425 e. The molecule has 1 aliphatic heterocycles. The van der Waals surface area contributed by atoms with Crippen LogP contribution in [-0.4, -0.2) is 30.9 Å². The zero-order valence-corrected chi connectivity index (χ0v) is 15.0. The van der Waals surface area contributed by atoms with Crippen molar-refractivity contribution in [3.63, 3.8) is 0 Å². The smallest absolute Gasteiger partial charge is 0.425 e. The van der Waals surface area contributed by atoms with E-state index in [-0.39, 0.29) is 17.8 Å². The molecule has 2 N–H and O–H groups in total. The largest absolute Gasteiger partial charge is 0.461 e. The van der Waals surface area contributed by atoms with E-state index in [2.05, 4.69) is 15.4 Å². The number of anilines is 1. The number of ether oxygens (including phenoxy) is 1. The molecule has 3 rings (SSSR count). The average Bonchev–Trinajstić information content (AvgIpc) is 3.06. The lowest BCUT2D eigenvalue weighted by Gasteiger charge is -2.20. The fourth-order valence-corrected chi connectivity index (χ4v) is 3.03. The minimum absolute atomic E-state index is 0.0171. The van der Waals surface area contributed by atoms with Gasteiger partial charge in [-0.1, -0.05) is 18.2 Å². The first-order valence-corrected chi connectivity index (χ1v) is 8.57. The van der Waals surface area contributed by atoms with Crippen LogP contribution in [0.5, 0.6) is 5.75 Å². The Hall–Kier alpha value is -3.24.